The standard InChI is InChI=1S/C12H14F2N2/c1-7-11(12(13,14)8(2)15)9-5-3-4-6-10(9)16-7/h3-6,8,16H,15H2,1-2H3. The van der Waals surface area contributed by atoms with Crippen LogP contribution >= 0.6 is 0 Å². The zero-order valence-electron chi connectivity index (χ0n) is 9.22. The first-order chi connectivity index (χ1) is 7.44. The highest BCUT2D eigenvalue weighted by atomic mass is 19.3. The van der Waals surface area contributed by atoms with Crippen molar-refractivity contribution in [1.29, 1.82) is 0 Å². The van der Waals surface area contributed by atoms with Gasteiger partial charge in [0, 0.05) is 16.6 Å². The minimum Gasteiger partial charge on any atom is -0.358 e. The molecule has 2 aromatic rings. The zero-order valence-corrected chi connectivity index (χ0v) is 9.22. The van der Waals surface area contributed by atoms with Gasteiger partial charge < -0.3 is 10.7 Å². The van der Waals surface area contributed by atoms with Crippen molar-refractivity contribution >= 4 is 10.9 Å². The number of halogens is 2. The molecule has 0 amide bonds. The number of alkyl halides is 2. The van der Waals surface area contributed by atoms with Crippen molar-refractivity contribution in [2.75, 3.05) is 0 Å². The van der Waals surface area contributed by atoms with Gasteiger partial charge in [-0.15, -0.1) is 0 Å². The van der Waals surface area contributed by atoms with Gasteiger partial charge in [0.2, 0.25) is 0 Å². The van der Waals surface area contributed by atoms with E-state index >= 15 is 0 Å². The summed E-state index contributed by atoms with van der Waals surface area (Å²) in [4.78, 5) is 2.95. The van der Waals surface area contributed by atoms with Crippen molar-refractivity contribution < 1.29 is 8.78 Å². The number of aromatic amines is 1. The molecule has 1 unspecified atom stereocenters. The van der Waals surface area contributed by atoms with Gasteiger partial charge >= 0.3 is 0 Å². The molecule has 86 valence electrons. The Bertz CT molecular complexity index is 515. The number of nitrogens with two attached hydrogens (primary N) is 1. The normalized spacial score (nSPS) is 14.3. The predicted octanol–water partition coefficient (Wildman–Crippen LogP) is 2.92. The molecule has 0 aliphatic carbocycles. The lowest BCUT2D eigenvalue weighted by Gasteiger charge is -2.20. The summed E-state index contributed by atoms with van der Waals surface area (Å²) >= 11 is 0. The van der Waals surface area contributed by atoms with Crippen molar-refractivity contribution in [3.63, 3.8) is 0 Å². The van der Waals surface area contributed by atoms with Crippen LogP contribution in [0.25, 0.3) is 10.9 Å². The molecule has 4 heteroatoms. The van der Waals surface area contributed by atoms with Crippen LogP contribution in [-0.2, 0) is 5.92 Å². The molecule has 1 heterocycles. The predicted molar refractivity (Wildman–Crippen MR) is 60.6 cm³/mol. The third kappa shape index (κ3) is 1.50. The van der Waals surface area contributed by atoms with Crippen LogP contribution in [0, 0.1) is 6.92 Å². The number of aromatic nitrogens is 1. The van der Waals surface area contributed by atoms with E-state index in [2.05, 4.69) is 4.98 Å². The molecule has 1 aromatic carbocycles. The SMILES string of the molecule is Cc1[nH]c2ccccc2c1C(F)(F)C(C)N. The molecule has 0 fully saturated rings. The third-order valence-electron chi connectivity index (χ3n) is 2.80. The minimum atomic E-state index is -3.01. The van der Waals surface area contributed by atoms with Gasteiger partial charge in [-0.1, -0.05) is 18.2 Å². The van der Waals surface area contributed by atoms with Gasteiger partial charge in [-0.3, -0.25) is 0 Å². The lowest BCUT2D eigenvalue weighted by atomic mass is 9.99. The molecule has 1 atom stereocenters. The fraction of sp³-hybridized carbons (Fsp3) is 0.333. The number of fused-ring (bicyclic) bond motifs is 1. The largest absolute Gasteiger partial charge is 0.358 e. The van der Waals surface area contributed by atoms with E-state index in [9.17, 15) is 8.78 Å². The van der Waals surface area contributed by atoms with Crippen LogP contribution in [0.15, 0.2) is 24.3 Å². The Morgan fingerprint density at radius 3 is 2.56 bits per heavy atom. The molecule has 0 bridgehead atoms. The molecule has 16 heavy (non-hydrogen) atoms. The molecule has 2 rings (SSSR count). The lowest BCUT2D eigenvalue weighted by Crippen LogP contribution is -2.36. The number of H-pyrrole nitrogens is 1. The Morgan fingerprint density at radius 2 is 1.94 bits per heavy atom. The third-order valence-corrected chi connectivity index (χ3v) is 2.80. The van der Waals surface area contributed by atoms with E-state index in [4.69, 9.17) is 5.73 Å². The molecular formula is C12H14F2N2. The van der Waals surface area contributed by atoms with E-state index in [-0.39, 0.29) is 5.56 Å². The second kappa shape index (κ2) is 3.56. The second-order valence-corrected chi connectivity index (χ2v) is 4.08. The highest BCUT2D eigenvalue weighted by Crippen LogP contribution is 2.37. The zero-order chi connectivity index (χ0) is 11.9. The highest BCUT2D eigenvalue weighted by Gasteiger charge is 2.39. The second-order valence-electron chi connectivity index (χ2n) is 4.08. The number of benzene rings is 1. The van der Waals surface area contributed by atoms with E-state index < -0.39 is 12.0 Å². The molecule has 0 aliphatic heterocycles. The van der Waals surface area contributed by atoms with Gasteiger partial charge in [-0.25, -0.2) is 0 Å². The maximum absolute atomic E-state index is 14.0. The van der Waals surface area contributed by atoms with E-state index in [1.54, 1.807) is 25.1 Å². The molecule has 0 aliphatic rings. The Hall–Kier alpha value is -1.42. The van der Waals surface area contributed by atoms with E-state index in [1.165, 1.54) is 6.92 Å². The first-order valence-electron chi connectivity index (χ1n) is 5.15. The molecule has 0 saturated carbocycles. The van der Waals surface area contributed by atoms with E-state index in [0.29, 0.717) is 11.1 Å². The average molecular weight is 224 g/mol. The van der Waals surface area contributed by atoms with Gasteiger partial charge in [0.1, 0.15) is 0 Å². The Balaban J connectivity index is 2.73. The smallest absolute Gasteiger partial charge is 0.290 e. The van der Waals surface area contributed by atoms with Crippen molar-refractivity contribution in [1.82, 2.24) is 4.98 Å². The topological polar surface area (TPSA) is 41.8 Å². The van der Waals surface area contributed by atoms with Gasteiger partial charge in [0.25, 0.3) is 5.92 Å². The fourth-order valence-electron chi connectivity index (χ4n) is 1.93. The summed E-state index contributed by atoms with van der Waals surface area (Å²) in [6.07, 6.45) is 0. The molecule has 3 N–H and O–H groups in total. The number of rotatable bonds is 2. The quantitative estimate of drug-likeness (QED) is 0.809. The van der Waals surface area contributed by atoms with Gasteiger partial charge in [0.05, 0.1) is 11.6 Å². The summed E-state index contributed by atoms with van der Waals surface area (Å²) in [5, 5.41) is 0.544. The molecule has 0 spiro atoms. The van der Waals surface area contributed by atoms with Crippen molar-refractivity contribution in [2.45, 2.75) is 25.8 Å². The molecule has 2 nitrogen and oxygen atoms in total. The summed E-state index contributed by atoms with van der Waals surface area (Å²) in [5.41, 5.74) is 6.56. The number of aryl methyl sites for hydroxylation is 1. The summed E-state index contributed by atoms with van der Waals surface area (Å²) in [6.45, 7) is 2.97. The molecule has 1 aromatic heterocycles. The monoisotopic (exact) mass is 224 g/mol. The fourth-order valence-corrected chi connectivity index (χ4v) is 1.93. The number of nitrogens with one attached hydrogen (secondary N) is 1. The van der Waals surface area contributed by atoms with Crippen molar-refractivity contribution in [2.24, 2.45) is 5.73 Å². The summed E-state index contributed by atoms with van der Waals surface area (Å²) in [7, 11) is 0. The molecule has 0 saturated heterocycles. The van der Waals surface area contributed by atoms with E-state index in [0.717, 1.165) is 5.52 Å². The maximum atomic E-state index is 14.0. The van der Waals surface area contributed by atoms with E-state index in [1.807, 2.05) is 6.07 Å². The lowest BCUT2D eigenvalue weighted by molar-refractivity contribution is -0.0247. The minimum absolute atomic E-state index is 0.0121. The van der Waals surface area contributed by atoms with Crippen molar-refractivity contribution in [3.05, 3.63) is 35.5 Å². The summed E-state index contributed by atoms with van der Waals surface area (Å²) < 4.78 is 27.9. The average Bonchev–Trinajstić information content (AvgIpc) is 2.53. The van der Waals surface area contributed by atoms with Gasteiger partial charge in [-0.2, -0.15) is 8.78 Å². The number of hydrogen-bond acceptors (Lipinski definition) is 1. The van der Waals surface area contributed by atoms with Crippen LogP contribution in [0.2, 0.25) is 0 Å². The summed E-state index contributed by atoms with van der Waals surface area (Å²) in [5.74, 6) is -3.01. The number of para-hydroxylation sites is 1. The Morgan fingerprint density at radius 1 is 1.31 bits per heavy atom. The van der Waals surface area contributed by atoms with Crippen LogP contribution in [0.1, 0.15) is 18.2 Å². The number of hydrogen-bond donors (Lipinski definition) is 2. The van der Waals surface area contributed by atoms with Crippen LogP contribution in [-0.4, -0.2) is 11.0 Å². The van der Waals surface area contributed by atoms with Crippen LogP contribution in [0.5, 0.6) is 0 Å². The Kier molecular flexibility index (Phi) is 2.46. The van der Waals surface area contributed by atoms with Gasteiger partial charge in [-0.05, 0) is 19.9 Å². The van der Waals surface area contributed by atoms with Crippen LogP contribution in [0.3, 0.4) is 0 Å². The van der Waals surface area contributed by atoms with Crippen LogP contribution in [0.4, 0.5) is 8.78 Å². The maximum Gasteiger partial charge on any atom is 0.290 e. The highest BCUT2D eigenvalue weighted by molar-refractivity contribution is 5.85. The Labute approximate surface area is 92.5 Å². The molecule has 0 radical (unpaired) electrons. The van der Waals surface area contributed by atoms with Crippen molar-refractivity contribution in [3.8, 4) is 0 Å². The first-order valence-corrected chi connectivity index (χ1v) is 5.15. The summed E-state index contributed by atoms with van der Waals surface area (Å²) in [6, 6.07) is 5.82. The molecular weight excluding hydrogens is 210 g/mol. The first kappa shape index (κ1) is 11.1. The van der Waals surface area contributed by atoms with Gasteiger partial charge in [0.15, 0.2) is 0 Å². The van der Waals surface area contributed by atoms with Crippen LogP contribution < -0.4 is 5.73 Å².